The summed E-state index contributed by atoms with van der Waals surface area (Å²) >= 11 is 6.33. The number of rotatable bonds is 4. The van der Waals surface area contributed by atoms with Crippen molar-refractivity contribution in [3.05, 3.63) is 111 Å². The predicted molar refractivity (Wildman–Crippen MR) is 143 cm³/mol. The fourth-order valence-electron chi connectivity index (χ4n) is 4.83. The lowest BCUT2D eigenvalue weighted by molar-refractivity contribution is -0.137. The largest absolute Gasteiger partial charge is 0.416 e. The van der Waals surface area contributed by atoms with Crippen molar-refractivity contribution in [3.63, 3.8) is 0 Å². The van der Waals surface area contributed by atoms with E-state index >= 15 is 0 Å². The SMILES string of the molecule is Nc1nnc2ccc(-c3cc(NC(=O)c4cc(F)cc(C(F)(F)F)c4)c4c(c3)C(=O)N[C@H]4c3cc(F)ccc3Cl)cn12. The second-order valence-corrected chi connectivity index (χ2v) is 9.85. The second kappa shape index (κ2) is 9.80. The predicted octanol–water partition coefficient (Wildman–Crippen LogP) is 6.01. The van der Waals surface area contributed by atoms with Crippen LogP contribution in [0.4, 0.5) is 33.6 Å². The van der Waals surface area contributed by atoms with Crippen LogP contribution in [0, 0.1) is 11.6 Å². The van der Waals surface area contributed by atoms with Crippen molar-refractivity contribution in [2.75, 3.05) is 11.1 Å². The van der Waals surface area contributed by atoms with E-state index in [0.29, 0.717) is 28.9 Å². The first-order chi connectivity index (χ1) is 19.9. The minimum atomic E-state index is -4.91. The molecule has 0 saturated carbocycles. The van der Waals surface area contributed by atoms with Gasteiger partial charge >= 0.3 is 6.18 Å². The number of alkyl halides is 3. The molecule has 2 amide bonds. The number of pyridine rings is 1. The molecule has 0 fully saturated rings. The van der Waals surface area contributed by atoms with Crippen molar-refractivity contribution in [2.45, 2.75) is 12.2 Å². The number of anilines is 2. The highest BCUT2D eigenvalue weighted by Crippen LogP contribution is 2.42. The van der Waals surface area contributed by atoms with E-state index in [9.17, 15) is 31.5 Å². The fourth-order valence-corrected chi connectivity index (χ4v) is 5.06. The van der Waals surface area contributed by atoms with Gasteiger partial charge in [0.2, 0.25) is 5.95 Å². The molecule has 4 N–H and O–H groups in total. The van der Waals surface area contributed by atoms with Gasteiger partial charge in [-0.15, -0.1) is 10.2 Å². The number of carbonyl (C=O) groups is 2. The van der Waals surface area contributed by atoms with Gasteiger partial charge in [-0.25, -0.2) is 8.78 Å². The van der Waals surface area contributed by atoms with Crippen LogP contribution in [0.3, 0.4) is 0 Å². The van der Waals surface area contributed by atoms with Gasteiger partial charge in [0.15, 0.2) is 5.65 Å². The zero-order chi connectivity index (χ0) is 29.9. The Morgan fingerprint density at radius 1 is 0.976 bits per heavy atom. The topological polar surface area (TPSA) is 114 Å². The van der Waals surface area contributed by atoms with Gasteiger partial charge in [0.05, 0.1) is 11.6 Å². The molecule has 6 rings (SSSR count). The van der Waals surface area contributed by atoms with Gasteiger partial charge < -0.3 is 16.4 Å². The number of nitrogens with zero attached hydrogens (tertiary/aromatic N) is 3. The van der Waals surface area contributed by atoms with Gasteiger partial charge in [0, 0.05) is 39.2 Å². The first-order valence-electron chi connectivity index (χ1n) is 12.1. The normalized spacial score (nSPS) is 14.6. The molecule has 8 nitrogen and oxygen atoms in total. The van der Waals surface area contributed by atoms with Crippen LogP contribution in [0.15, 0.2) is 66.9 Å². The molecule has 0 aliphatic carbocycles. The number of halogens is 6. The number of nitrogens with one attached hydrogen (secondary N) is 2. The number of hydrogen-bond donors (Lipinski definition) is 3. The number of benzene rings is 3. The molecule has 2 aromatic heterocycles. The van der Waals surface area contributed by atoms with Crippen LogP contribution in [0.25, 0.3) is 16.8 Å². The highest BCUT2D eigenvalue weighted by Gasteiger charge is 2.36. The molecule has 3 aromatic carbocycles. The molecular weight excluding hydrogens is 583 g/mol. The molecule has 0 saturated heterocycles. The zero-order valence-corrected chi connectivity index (χ0v) is 21.7. The molecule has 5 aromatic rings. The minimum Gasteiger partial charge on any atom is -0.368 e. The summed E-state index contributed by atoms with van der Waals surface area (Å²) in [5.74, 6) is -3.48. The first kappa shape index (κ1) is 27.1. The van der Waals surface area contributed by atoms with E-state index < -0.39 is 46.8 Å². The zero-order valence-electron chi connectivity index (χ0n) is 20.9. The van der Waals surface area contributed by atoms with Crippen molar-refractivity contribution < 1.29 is 31.5 Å². The molecule has 1 aliphatic rings. The average Bonchev–Trinajstić information content (AvgIpc) is 3.48. The van der Waals surface area contributed by atoms with E-state index in [-0.39, 0.29) is 39.4 Å². The maximum Gasteiger partial charge on any atom is 0.416 e. The Bertz CT molecular complexity index is 1940. The van der Waals surface area contributed by atoms with Crippen molar-refractivity contribution in [1.29, 1.82) is 0 Å². The standard InChI is InChI=1S/C28H16ClF5N6O2/c29-20-3-2-16(30)10-18(20)24-23-19(26(42)37-24)7-13(12-1-4-22-38-39-27(35)40(22)11-12)8-21(23)36-25(41)14-5-15(28(32,33)34)9-17(31)6-14/h1-11,24H,(H2,35,39)(H,36,41)(H,37,42)/t24-/m0/s1. The third-order valence-corrected chi connectivity index (χ3v) is 7.10. The van der Waals surface area contributed by atoms with E-state index in [1.807, 2.05) is 0 Å². The summed E-state index contributed by atoms with van der Waals surface area (Å²) in [6, 6.07) is 10.2. The second-order valence-electron chi connectivity index (χ2n) is 9.44. The van der Waals surface area contributed by atoms with Crippen molar-refractivity contribution in [2.24, 2.45) is 0 Å². The highest BCUT2D eigenvalue weighted by atomic mass is 35.5. The molecule has 1 aliphatic heterocycles. The van der Waals surface area contributed by atoms with Gasteiger partial charge in [0.25, 0.3) is 11.8 Å². The molecule has 0 spiro atoms. The fraction of sp³-hybridized carbons (Fsp3) is 0.0714. The van der Waals surface area contributed by atoms with Crippen molar-refractivity contribution >= 4 is 40.7 Å². The number of nitrogen functional groups attached to an aromatic ring is 1. The Balaban J connectivity index is 1.52. The number of carbonyl (C=O) groups excluding carboxylic acids is 2. The van der Waals surface area contributed by atoms with Crippen LogP contribution >= 0.6 is 11.6 Å². The van der Waals surface area contributed by atoms with Crippen molar-refractivity contribution in [3.8, 4) is 11.1 Å². The van der Waals surface area contributed by atoms with Crippen LogP contribution < -0.4 is 16.4 Å². The Hall–Kier alpha value is -5.04. The quantitative estimate of drug-likeness (QED) is 0.219. The number of nitrogens with two attached hydrogens (primary N) is 1. The number of aromatic nitrogens is 3. The van der Waals surface area contributed by atoms with Crippen LogP contribution in [0.5, 0.6) is 0 Å². The summed E-state index contributed by atoms with van der Waals surface area (Å²) < 4.78 is 69.8. The number of hydrogen-bond acceptors (Lipinski definition) is 5. The van der Waals surface area contributed by atoms with E-state index in [1.54, 1.807) is 18.3 Å². The third kappa shape index (κ3) is 4.77. The summed E-state index contributed by atoms with van der Waals surface area (Å²) in [5, 5.41) is 13.1. The molecule has 14 heteroatoms. The molecule has 212 valence electrons. The average molecular weight is 599 g/mol. The maximum atomic E-state index is 14.2. The summed E-state index contributed by atoms with van der Waals surface area (Å²) in [7, 11) is 0. The van der Waals surface area contributed by atoms with Crippen LogP contribution in [0.1, 0.15) is 43.4 Å². The van der Waals surface area contributed by atoms with E-state index in [2.05, 4.69) is 20.8 Å². The van der Waals surface area contributed by atoms with Crippen LogP contribution in [-0.4, -0.2) is 26.4 Å². The lowest BCUT2D eigenvalue weighted by Crippen LogP contribution is -2.21. The van der Waals surface area contributed by atoms with E-state index in [1.165, 1.54) is 22.6 Å². The number of amides is 2. The van der Waals surface area contributed by atoms with Gasteiger partial charge in [-0.3, -0.25) is 14.0 Å². The smallest absolute Gasteiger partial charge is 0.368 e. The van der Waals surface area contributed by atoms with Gasteiger partial charge in [-0.2, -0.15) is 13.2 Å². The summed E-state index contributed by atoms with van der Waals surface area (Å²) in [5.41, 5.74) is 5.69. The van der Waals surface area contributed by atoms with E-state index in [0.717, 1.165) is 12.1 Å². The monoisotopic (exact) mass is 598 g/mol. The Labute approximate surface area is 237 Å². The minimum absolute atomic E-state index is 0.00850. The molecule has 0 bridgehead atoms. The molecule has 42 heavy (non-hydrogen) atoms. The Morgan fingerprint density at radius 3 is 2.52 bits per heavy atom. The third-order valence-electron chi connectivity index (χ3n) is 6.76. The highest BCUT2D eigenvalue weighted by molar-refractivity contribution is 6.31. The van der Waals surface area contributed by atoms with E-state index in [4.69, 9.17) is 17.3 Å². The maximum absolute atomic E-state index is 14.2. The van der Waals surface area contributed by atoms with Crippen molar-refractivity contribution in [1.82, 2.24) is 19.9 Å². The molecule has 1 atom stereocenters. The van der Waals surface area contributed by atoms with Gasteiger partial charge in [0.1, 0.15) is 11.6 Å². The first-order valence-corrected chi connectivity index (χ1v) is 12.5. The lowest BCUT2D eigenvalue weighted by Gasteiger charge is -2.19. The Morgan fingerprint density at radius 2 is 1.76 bits per heavy atom. The van der Waals surface area contributed by atoms with Gasteiger partial charge in [-0.1, -0.05) is 11.6 Å². The summed E-state index contributed by atoms with van der Waals surface area (Å²) in [4.78, 5) is 26.4. The number of fused-ring (bicyclic) bond motifs is 2. The van der Waals surface area contributed by atoms with Crippen LogP contribution in [-0.2, 0) is 6.18 Å². The summed E-state index contributed by atoms with van der Waals surface area (Å²) in [6.07, 6.45) is -3.31. The Kier molecular flexibility index (Phi) is 6.34. The molecular formula is C28H16ClF5N6O2. The molecule has 0 radical (unpaired) electrons. The van der Waals surface area contributed by atoms with Gasteiger partial charge in [-0.05, 0) is 71.8 Å². The lowest BCUT2D eigenvalue weighted by atomic mass is 9.93. The summed E-state index contributed by atoms with van der Waals surface area (Å²) in [6.45, 7) is 0. The molecule has 0 unspecified atom stereocenters. The van der Waals surface area contributed by atoms with Crippen LogP contribution in [0.2, 0.25) is 5.02 Å². The molecule has 3 heterocycles.